The highest BCUT2D eigenvalue weighted by atomic mass is 16.6. The van der Waals surface area contributed by atoms with Crippen molar-refractivity contribution in [1.82, 2.24) is 0 Å². The van der Waals surface area contributed by atoms with Crippen molar-refractivity contribution in [3.05, 3.63) is 60.8 Å². The monoisotopic (exact) mass is 923 g/mol. The van der Waals surface area contributed by atoms with E-state index in [0.717, 1.165) is 77.0 Å². The third kappa shape index (κ3) is 52.1. The maximum atomic E-state index is 12.8. The van der Waals surface area contributed by atoms with Gasteiger partial charge in [0.2, 0.25) is 0 Å². The lowest BCUT2D eigenvalue weighted by Crippen LogP contribution is -2.30. The lowest BCUT2D eigenvalue weighted by Gasteiger charge is -2.18. The highest BCUT2D eigenvalue weighted by Crippen LogP contribution is 2.16. The number of hydrogen-bond donors (Lipinski definition) is 0. The van der Waals surface area contributed by atoms with Gasteiger partial charge in [-0.25, -0.2) is 0 Å². The molecule has 0 aromatic heterocycles. The third-order valence-corrected chi connectivity index (χ3v) is 12.3. The number of carbonyl (C=O) groups excluding carboxylic acids is 3. The molecule has 0 heterocycles. The Labute approximate surface area is 409 Å². The van der Waals surface area contributed by atoms with Crippen LogP contribution in [-0.4, -0.2) is 37.2 Å². The zero-order valence-electron chi connectivity index (χ0n) is 43.7. The molecule has 0 aromatic rings. The number of hydrogen-bond acceptors (Lipinski definition) is 6. The molecule has 382 valence electrons. The summed E-state index contributed by atoms with van der Waals surface area (Å²) in [6, 6.07) is 0. The van der Waals surface area contributed by atoms with Crippen molar-refractivity contribution in [2.45, 2.75) is 290 Å². The van der Waals surface area contributed by atoms with Gasteiger partial charge in [0.15, 0.2) is 6.10 Å². The fourth-order valence-electron chi connectivity index (χ4n) is 8.02. The van der Waals surface area contributed by atoms with Gasteiger partial charge in [-0.1, -0.05) is 242 Å². The predicted octanol–water partition coefficient (Wildman–Crippen LogP) is 18.8. The van der Waals surface area contributed by atoms with Gasteiger partial charge in [-0.3, -0.25) is 14.4 Å². The normalized spacial score (nSPS) is 12.5. The molecule has 0 N–H and O–H groups in total. The van der Waals surface area contributed by atoms with Gasteiger partial charge in [0.25, 0.3) is 0 Å². The molecule has 0 aliphatic rings. The molecule has 0 unspecified atom stereocenters. The number of esters is 3. The van der Waals surface area contributed by atoms with Gasteiger partial charge >= 0.3 is 17.9 Å². The Morgan fingerprint density at radius 3 is 0.970 bits per heavy atom. The van der Waals surface area contributed by atoms with E-state index < -0.39 is 6.10 Å². The molecule has 0 amide bonds. The number of ether oxygens (including phenoxy) is 3. The van der Waals surface area contributed by atoms with Gasteiger partial charge < -0.3 is 14.2 Å². The summed E-state index contributed by atoms with van der Waals surface area (Å²) >= 11 is 0. The van der Waals surface area contributed by atoms with Gasteiger partial charge in [0.05, 0.1) is 0 Å². The van der Waals surface area contributed by atoms with Crippen LogP contribution in [0.2, 0.25) is 0 Å². The highest BCUT2D eigenvalue weighted by Gasteiger charge is 2.19. The smallest absolute Gasteiger partial charge is 0.306 e. The first-order valence-electron chi connectivity index (χ1n) is 28.3. The second kappa shape index (κ2) is 54.7. The summed E-state index contributed by atoms with van der Waals surface area (Å²) < 4.78 is 16.8. The van der Waals surface area contributed by atoms with Crippen molar-refractivity contribution in [3.63, 3.8) is 0 Å². The van der Waals surface area contributed by atoms with Crippen LogP contribution in [0.3, 0.4) is 0 Å². The number of carbonyl (C=O) groups is 3. The lowest BCUT2D eigenvalue weighted by molar-refractivity contribution is -0.167. The summed E-state index contributed by atoms with van der Waals surface area (Å²) in [4.78, 5) is 38.1. The van der Waals surface area contributed by atoms with Crippen LogP contribution < -0.4 is 0 Å². The molecule has 0 aliphatic carbocycles. The van der Waals surface area contributed by atoms with Gasteiger partial charge in [-0.05, 0) is 83.5 Å². The SMILES string of the molecule is CC/C=C\C/C=C\C/C=C\C/C=C\CCCCC(=O)O[C@@H](COC(=O)CCCCCCCCC/C=C\CCCCCCCCCC)COC(=O)CCCCCCCCCCCCCCCC. The molecular formula is C60H106O6. The first kappa shape index (κ1) is 63.1. The first-order chi connectivity index (χ1) is 32.5. The van der Waals surface area contributed by atoms with E-state index in [9.17, 15) is 14.4 Å². The minimum absolute atomic E-state index is 0.0898. The average Bonchev–Trinajstić information content (AvgIpc) is 3.31. The third-order valence-electron chi connectivity index (χ3n) is 12.3. The van der Waals surface area contributed by atoms with E-state index in [0.29, 0.717) is 19.3 Å². The molecular weight excluding hydrogens is 817 g/mol. The van der Waals surface area contributed by atoms with Crippen LogP contribution in [0.1, 0.15) is 284 Å². The maximum absolute atomic E-state index is 12.8. The summed E-state index contributed by atoms with van der Waals surface area (Å²) in [5.74, 6) is -0.926. The van der Waals surface area contributed by atoms with E-state index >= 15 is 0 Å². The predicted molar refractivity (Wildman–Crippen MR) is 284 cm³/mol. The van der Waals surface area contributed by atoms with Crippen molar-refractivity contribution in [1.29, 1.82) is 0 Å². The minimum Gasteiger partial charge on any atom is -0.462 e. The van der Waals surface area contributed by atoms with E-state index in [1.54, 1.807) is 0 Å². The van der Waals surface area contributed by atoms with Crippen LogP contribution in [0, 0.1) is 0 Å². The van der Waals surface area contributed by atoms with Crippen LogP contribution in [0.15, 0.2) is 60.8 Å². The van der Waals surface area contributed by atoms with Crippen LogP contribution >= 0.6 is 0 Å². The largest absolute Gasteiger partial charge is 0.462 e. The van der Waals surface area contributed by atoms with Crippen LogP contribution in [0.25, 0.3) is 0 Å². The molecule has 0 radical (unpaired) electrons. The fourth-order valence-corrected chi connectivity index (χ4v) is 8.02. The second-order valence-corrected chi connectivity index (χ2v) is 18.8. The van der Waals surface area contributed by atoms with E-state index in [1.807, 2.05) is 0 Å². The Bertz CT molecular complexity index is 1200. The molecule has 6 heteroatoms. The summed E-state index contributed by atoms with van der Waals surface area (Å²) in [6.45, 7) is 6.51. The summed E-state index contributed by atoms with van der Waals surface area (Å²) in [5, 5.41) is 0. The van der Waals surface area contributed by atoms with Crippen molar-refractivity contribution >= 4 is 17.9 Å². The quantitative estimate of drug-likeness (QED) is 0.0262. The maximum Gasteiger partial charge on any atom is 0.306 e. The Morgan fingerprint density at radius 1 is 0.318 bits per heavy atom. The van der Waals surface area contributed by atoms with Crippen molar-refractivity contribution in [2.75, 3.05) is 13.2 Å². The highest BCUT2D eigenvalue weighted by molar-refractivity contribution is 5.71. The lowest BCUT2D eigenvalue weighted by atomic mass is 10.0. The van der Waals surface area contributed by atoms with E-state index in [-0.39, 0.29) is 37.5 Å². The second-order valence-electron chi connectivity index (χ2n) is 18.8. The topological polar surface area (TPSA) is 78.9 Å². The van der Waals surface area contributed by atoms with Gasteiger partial charge in [0, 0.05) is 19.3 Å². The van der Waals surface area contributed by atoms with Crippen molar-refractivity contribution < 1.29 is 28.6 Å². The summed E-state index contributed by atoms with van der Waals surface area (Å²) in [5.41, 5.74) is 0. The standard InChI is InChI=1S/C60H106O6/c1-4-7-10-13-16-19-22-25-28-29-30-31-33-35-38-41-44-47-50-53-59(62)65-56-57(55-64-58(61)52-49-46-43-40-37-34-27-24-21-18-15-12-9-6-3)66-60(63)54-51-48-45-42-39-36-32-26-23-20-17-14-11-8-5-2/h8,11,17,20,26,29-30,32,39,42,57H,4-7,9-10,12-16,18-19,21-25,27-28,31,33-38,40-41,43-56H2,1-3H3/b11-8-,20-17-,30-29-,32-26-,42-39-/t57-/m1/s1. The Kier molecular flexibility index (Phi) is 52.3. The van der Waals surface area contributed by atoms with Crippen molar-refractivity contribution in [3.8, 4) is 0 Å². The van der Waals surface area contributed by atoms with Gasteiger partial charge in [0.1, 0.15) is 13.2 Å². The van der Waals surface area contributed by atoms with E-state index in [2.05, 4.69) is 81.5 Å². The van der Waals surface area contributed by atoms with Crippen LogP contribution in [0.5, 0.6) is 0 Å². The number of unbranched alkanes of at least 4 members (excludes halogenated alkanes) is 30. The molecule has 0 rings (SSSR count). The fraction of sp³-hybridized carbons (Fsp3) is 0.783. The molecule has 0 bridgehead atoms. The molecule has 6 nitrogen and oxygen atoms in total. The molecule has 0 spiro atoms. The molecule has 1 atom stereocenters. The minimum atomic E-state index is -0.795. The first-order valence-corrected chi connectivity index (χ1v) is 28.3. The van der Waals surface area contributed by atoms with E-state index in [1.165, 1.54) is 161 Å². The van der Waals surface area contributed by atoms with Crippen molar-refractivity contribution in [2.24, 2.45) is 0 Å². The molecule has 0 aliphatic heterocycles. The average molecular weight is 924 g/mol. The molecule has 66 heavy (non-hydrogen) atoms. The Morgan fingerprint density at radius 2 is 0.591 bits per heavy atom. The Hall–Kier alpha value is -2.89. The zero-order valence-corrected chi connectivity index (χ0v) is 43.7. The van der Waals surface area contributed by atoms with Gasteiger partial charge in [-0.15, -0.1) is 0 Å². The summed E-state index contributed by atoms with van der Waals surface area (Å²) in [6.07, 6.45) is 67.8. The molecule has 0 fully saturated rings. The number of allylic oxidation sites excluding steroid dienone is 10. The van der Waals surface area contributed by atoms with Gasteiger partial charge in [-0.2, -0.15) is 0 Å². The Balaban J connectivity index is 4.40. The molecule has 0 aromatic carbocycles. The number of rotatable bonds is 51. The zero-order chi connectivity index (χ0) is 47.9. The molecule has 0 saturated heterocycles. The van der Waals surface area contributed by atoms with Crippen LogP contribution in [0.4, 0.5) is 0 Å². The van der Waals surface area contributed by atoms with E-state index in [4.69, 9.17) is 14.2 Å². The molecule has 0 saturated carbocycles. The summed E-state index contributed by atoms with van der Waals surface area (Å²) in [7, 11) is 0. The van der Waals surface area contributed by atoms with Crippen LogP contribution in [-0.2, 0) is 28.6 Å².